The number of aryl methyl sites for hydroxylation is 1. The smallest absolute Gasteiger partial charge is 0.231 e. The number of hydrogen-bond acceptors (Lipinski definition) is 3. The summed E-state index contributed by atoms with van der Waals surface area (Å²) in [6, 6.07) is 27.4. The van der Waals surface area contributed by atoms with Gasteiger partial charge in [0, 0.05) is 10.9 Å². The molecule has 0 bridgehead atoms. The summed E-state index contributed by atoms with van der Waals surface area (Å²) >= 11 is 0. The van der Waals surface area contributed by atoms with Crippen LogP contribution in [0.3, 0.4) is 0 Å². The molecule has 0 unspecified atom stereocenters. The van der Waals surface area contributed by atoms with Gasteiger partial charge in [0.15, 0.2) is 0 Å². The Kier molecular flexibility index (Phi) is 3.09. The van der Waals surface area contributed by atoms with Crippen molar-refractivity contribution in [2.45, 2.75) is 6.92 Å². The minimum Gasteiger partial charge on any atom is -0.438 e. The maximum absolute atomic E-state index is 6.14. The van der Waals surface area contributed by atoms with E-state index in [1.165, 1.54) is 16.2 Å². The van der Waals surface area contributed by atoms with E-state index in [1.54, 1.807) is 0 Å². The van der Waals surface area contributed by atoms with E-state index in [1.807, 2.05) is 13.0 Å². The molecule has 2 heterocycles. The molecule has 3 nitrogen and oxygen atoms in total. The topological polar surface area (TPSA) is 38.9 Å². The highest BCUT2D eigenvalue weighted by Gasteiger charge is 2.17. The lowest BCUT2D eigenvalue weighted by atomic mass is 10.0. The van der Waals surface area contributed by atoms with Crippen molar-refractivity contribution in [3.8, 4) is 11.3 Å². The monoisotopic (exact) mass is 360 g/mol. The normalized spacial score (nSPS) is 11.8. The molecular weight excluding hydrogens is 344 g/mol. The number of aromatic nitrogens is 2. The van der Waals surface area contributed by atoms with Crippen LogP contribution in [0.25, 0.3) is 54.9 Å². The summed E-state index contributed by atoms with van der Waals surface area (Å²) in [6.45, 7) is 1.91. The summed E-state index contributed by atoms with van der Waals surface area (Å²) in [4.78, 5) is 9.38. The lowest BCUT2D eigenvalue weighted by Crippen LogP contribution is -1.92. The molecule has 0 fully saturated rings. The fourth-order valence-corrected chi connectivity index (χ4v) is 4.01. The molecule has 0 radical (unpaired) electrons. The van der Waals surface area contributed by atoms with Gasteiger partial charge in [-0.3, -0.25) is 0 Å². The van der Waals surface area contributed by atoms with E-state index in [0.29, 0.717) is 11.5 Å². The zero-order valence-electron chi connectivity index (χ0n) is 15.3. The van der Waals surface area contributed by atoms with Crippen LogP contribution >= 0.6 is 0 Å². The highest BCUT2D eigenvalue weighted by molar-refractivity contribution is 6.14. The van der Waals surface area contributed by atoms with E-state index in [0.717, 1.165) is 33.0 Å². The molecular formula is C25H16N2O. The van der Waals surface area contributed by atoms with Crippen LogP contribution in [-0.4, -0.2) is 9.97 Å². The van der Waals surface area contributed by atoms with Crippen LogP contribution in [0.5, 0.6) is 0 Å². The molecule has 0 aliphatic carbocycles. The minimum absolute atomic E-state index is 0.640. The molecule has 0 N–H and O–H groups in total. The maximum Gasteiger partial charge on any atom is 0.231 e. The van der Waals surface area contributed by atoms with Gasteiger partial charge in [-0.05, 0) is 46.7 Å². The molecule has 0 spiro atoms. The molecule has 6 aromatic rings. The Morgan fingerprint density at radius 2 is 1.36 bits per heavy atom. The van der Waals surface area contributed by atoms with Crippen molar-refractivity contribution in [3.63, 3.8) is 0 Å². The van der Waals surface area contributed by atoms with E-state index >= 15 is 0 Å². The fraction of sp³-hybridized carbons (Fsp3) is 0.0400. The Hall–Kier alpha value is -3.72. The van der Waals surface area contributed by atoms with Crippen LogP contribution in [0.4, 0.5) is 0 Å². The van der Waals surface area contributed by atoms with Gasteiger partial charge in [0.1, 0.15) is 11.4 Å². The van der Waals surface area contributed by atoms with Gasteiger partial charge in [0.2, 0.25) is 5.71 Å². The second kappa shape index (κ2) is 5.64. The summed E-state index contributed by atoms with van der Waals surface area (Å²) in [5, 5.41) is 6.78. The first-order chi connectivity index (χ1) is 13.8. The van der Waals surface area contributed by atoms with Crippen LogP contribution in [0.1, 0.15) is 5.82 Å². The molecule has 6 rings (SSSR count). The van der Waals surface area contributed by atoms with E-state index in [9.17, 15) is 0 Å². The van der Waals surface area contributed by atoms with Crippen molar-refractivity contribution in [2.75, 3.05) is 0 Å². The van der Waals surface area contributed by atoms with Crippen LogP contribution in [0.2, 0.25) is 0 Å². The van der Waals surface area contributed by atoms with Crippen molar-refractivity contribution in [3.05, 3.63) is 84.7 Å². The summed E-state index contributed by atoms with van der Waals surface area (Å²) < 4.78 is 6.14. The third-order valence-corrected chi connectivity index (χ3v) is 5.33. The number of benzene rings is 4. The Morgan fingerprint density at radius 3 is 2.14 bits per heavy atom. The van der Waals surface area contributed by atoms with Gasteiger partial charge in [-0.15, -0.1) is 0 Å². The van der Waals surface area contributed by atoms with E-state index in [2.05, 4.69) is 77.8 Å². The van der Waals surface area contributed by atoms with Crippen LogP contribution in [0.15, 0.2) is 83.3 Å². The summed E-state index contributed by atoms with van der Waals surface area (Å²) in [5.74, 6) is 0.708. The Labute approximate surface area is 161 Å². The van der Waals surface area contributed by atoms with Crippen molar-refractivity contribution in [1.29, 1.82) is 0 Å². The highest BCUT2D eigenvalue weighted by Crippen LogP contribution is 2.37. The van der Waals surface area contributed by atoms with Gasteiger partial charge in [-0.2, -0.15) is 4.98 Å². The van der Waals surface area contributed by atoms with Gasteiger partial charge in [-0.1, -0.05) is 60.7 Å². The van der Waals surface area contributed by atoms with Crippen molar-refractivity contribution < 1.29 is 4.42 Å². The van der Waals surface area contributed by atoms with Crippen LogP contribution in [0, 0.1) is 6.92 Å². The number of rotatable bonds is 1. The Morgan fingerprint density at radius 1 is 0.679 bits per heavy atom. The maximum atomic E-state index is 6.14. The molecule has 0 saturated carbocycles. The van der Waals surface area contributed by atoms with Crippen LogP contribution < -0.4 is 0 Å². The highest BCUT2D eigenvalue weighted by atomic mass is 16.3. The predicted molar refractivity (Wildman–Crippen MR) is 114 cm³/mol. The predicted octanol–water partition coefficient (Wildman–Crippen LogP) is 6.66. The first kappa shape index (κ1) is 15.3. The molecule has 0 saturated heterocycles. The van der Waals surface area contributed by atoms with E-state index in [-0.39, 0.29) is 0 Å². The molecule has 0 amide bonds. The van der Waals surface area contributed by atoms with Crippen molar-refractivity contribution in [2.24, 2.45) is 0 Å². The quantitative estimate of drug-likeness (QED) is 0.329. The Balaban J connectivity index is 1.73. The molecule has 132 valence electrons. The summed E-state index contributed by atoms with van der Waals surface area (Å²) in [6.07, 6.45) is 0. The average molecular weight is 360 g/mol. The zero-order valence-corrected chi connectivity index (χ0v) is 15.3. The second-order valence-electron chi connectivity index (χ2n) is 7.16. The second-order valence-corrected chi connectivity index (χ2v) is 7.16. The first-order valence-electron chi connectivity index (χ1n) is 9.35. The largest absolute Gasteiger partial charge is 0.438 e. The molecule has 2 aromatic heterocycles. The SMILES string of the molecule is Cc1nc(-c2ccc3ccccc3c2)c2c(n1)oc1cc3ccccc3cc12. The number of furan rings is 1. The average Bonchev–Trinajstić information content (AvgIpc) is 3.07. The first-order valence-corrected chi connectivity index (χ1v) is 9.35. The van der Waals surface area contributed by atoms with Crippen molar-refractivity contribution >= 4 is 43.6 Å². The number of fused-ring (bicyclic) bond motifs is 5. The molecule has 0 atom stereocenters. The summed E-state index contributed by atoms with van der Waals surface area (Å²) in [5.41, 5.74) is 3.48. The van der Waals surface area contributed by atoms with Gasteiger partial charge in [0.25, 0.3) is 0 Å². The van der Waals surface area contributed by atoms with Gasteiger partial charge < -0.3 is 4.42 Å². The number of hydrogen-bond donors (Lipinski definition) is 0. The van der Waals surface area contributed by atoms with E-state index in [4.69, 9.17) is 9.40 Å². The molecule has 4 aromatic carbocycles. The summed E-state index contributed by atoms with van der Waals surface area (Å²) in [7, 11) is 0. The lowest BCUT2D eigenvalue weighted by Gasteiger charge is -2.06. The van der Waals surface area contributed by atoms with E-state index < -0.39 is 0 Å². The standard InChI is InChI=1S/C25H16N2O/c1-15-26-24(20-11-10-16-6-2-3-7-17(16)12-20)23-21-13-18-8-4-5-9-19(18)14-22(21)28-25(23)27-15/h2-14H,1H3. The van der Waals surface area contributed by atoms with Crippen LogP contribution in [-0.2, 0) is 0 Å². The number of nitrogens with zero attached hydrogens (tertiary/aromatic N) is 2. The third kappa shape index (κ3) is 2.23. The molecule has 0 aliphatic heterocycles. The third-order valence-electron chi connectivity index (χ3n) is 5.33. The molecule has 3 heteroatoms. The Bertz CT molecular complexity index is 1530. The molecule has 0 aliphatic rings. The lowest BCUT2D eigenvalue weighted by molar-refractivity contribution is 0.651. The minimum atomic E-state index is 0.640. The zero-order chi connectivity index (χ0) is 18.7. The fourth-order valence-electron chi connectivity index (χ4n) is 4.01. The van der Waals surface area contributed by atoms with Gasteiger partial charge >= 0.3 is 0 Å². The van der Waals surface area contributed by atoms with Gasteiger partial charge in [-0.25, -0.2) is 4.98 Å². The van der Waals surface area contributed by atoms with Gasteiger partial charge in [0.05, 0.1) is 11.1 Å². The van der Waals surface area contributed by atoms with Crippen molar-refractivity contribution in [1.82, 2.24) is 9.97 Å². The molecule has 28 heavy (non-hydrogen) atoms.